The van der Waals surface area contributed by atoms with Gasteiger partial charge in [0.05, 0.1) is 12.6 Å². The van der Waals surface area contributed by atoms with Crippen molar-refractivity contribution in [2.24, 2.45) is 0 Å². The third-order valence-electron chi connectivity index (χ3n) is 4.78. The maximum absolute atomic E-state index is 13.4. The third kappa shape index (κ3) is 4.18. The first-order chi connectivity index (χ1) is 13.3. The minimum absolute atomic E-state index is 0.0135. The number of benzene rings is 1. The van der Waals surface area contributed by atoms with Gasteiger partial charge in [-0.15, -0.1) is 0 Å². The van der Waals surface area contributed by atoms with Crippen LogP contribution in [0.1, 0.15) is 31.1 Å². The molecule has 3 N–H and O–H groups in total. The fourth-order valence-corrected chi connectivity index (χ4v) is 3.38. The minimum Gasteiger partial charge on any atom is -0.374 e. The standard InChI is InChI=1S/C19H20F2N4O3/c20-19(21)8-12(9-22)25(11-19)16(26)6-3-7-23-18(28)15-10-24-17(27)14-5-2-1-4-13(14)15/h1-2,4-5,10,12,18,23,28H,3,6-8,11H2,(H,24,27)/t12-,18?/m0/s1. The van der Waals surface area contributed by atoms with Gasteiger partial charge in [0.15, 0.2) is 0 Å². The number of aliphatic hydroxyl groups excluding tert-OH is 1. The Bertz CT molecular complexity index is 970. The highest BCUT2D eigenvalue weighted by Crippen LogP contribution is 2.32. The molecule has 1 saturated heterocycles. The van der Waals surface area contributed by atoms with Gasteiger partial charge in [0.2, 0.25) is 5.91 Å². The summed E-state index contributed by atoms with van der Waals surface area (Å²) in [6.07, 6.45) is 0.0143. The van der Waals surface area contributed by atoms with Gasteiger partial charge >= 0.3 is 0 Å². The van der Waals surface area contributed by atoms with Gasteiger partial charge in [-0.25, -0.2) is 8.78 Å². The van der Waals surface area contributed by atoms with Crippen LogP contribution in [0.4, 0.5) is 8.78 Å². The summed E-state index contributed by atoms with van der Waals surface area (Å²) in [5, 5.41) is 23.2. The van der Waals surface area contributed by atoms with Crippen molar-refractivity contribution in [2.75, 3.05) is 13.1 Å². The molecule has 1 aromatic carbocycles. The summed E-state index contributed by atoms with van der Waals surface area (Å²) >= 11 is 0. The van der Waals surface area contributed by atoms with E-state index in [4.69, 9.17) is 5.26 Å². The second-order valence-electron chi connectivity index (χ2n) is 6.81. The fraction of sp³-hybridized carbons (Fsp3) is 0.421. The van der Waals surface area contributed by atoms with E-state index in [1.165, 1.54) is 6.20 Å². The lowest BCUT2D eigenvalue weighted by atomic mass is 10.1. The van der Waals surface area contributed by atoms with Crippen LogP contribution in [0, 0.1) is 11.3 Å². The number of rotatable bonds is 6. The molecule has 1 unspecified atom stereocenters. The molecule has 0 saturated carbocycles. The predicted octanol–water partition coefficient (Wildman–Crippen LogP) is 1.65. The molecule has 0 bridgehead atoms. The summed E-state index contributed by atoms with van der Waals surface area (Å²) in [5.74, 6) is -3.54. The first kappa shape index (κ1) is 19.9. The molecule has 28 heavy (non-hydrogen) atoms. The maximum Gasteiger partial charge on any atom is 0.268 e. The smallest absolute Gasteiger partial charge is 0.268 e. The highest BCUT2D eigenvalue weighted by molar-refractivity contribution is 5.84. The number of carbonyl (C=O) groups is 1. The van der Waals surface area contributed by atoms with E-state index in [9.17, 15) is 23.5 Å². The van der Waals surface area contributed by atoms with Crippen molar-refractivity contribution in [3.05, 3.63) is 46.4 Å². The molecular weight excluding hydrogens is 370 g/mol. The molecule has 1 amide bonds. The van der Waals surface area contributed by atoms with Crippen LogP contribution in [-0.4, -0.2) is 46.0 Å². The number of carbonyl (C=O) groups excluding carboxylic acids is 1. The maximum atomic E-state index is 13.4. The number of hydrogen-bond acceptors (Lipinski definition) is 5. The number of fused-ring (bicyclic) bond motifs is 1. The Balaban J connectivity index is 1.55. The number of nitrogens with zero attached hydrogens (tertiary/aromatic N) is 2. The first-order valence-electron chi connectivity index (χ1n) is 8.91. The van der Waals surface area contributed by atoms with Crippen molar-refractivity contribution < 1.29 is 18.7 Å². The second kappa shape index (κ2) is 8.04. The van der Waals surface area contributed by atoms with Crippen molar-refractivity contribution in [3.8, 4) is 6.07 Å². The van der Waals surface area contributed by atoms with Gasteiger partial charge in [0.25, 0.3) is 11.5 Å². The minimum atomic E-state index is -3.03. The molecule has 1 aliphatic heterocycles. The number of aromatic amines is 1. The summed E-state index contributed by atoms with van der Waals surface area (Å²) in [7, 11) is 0. The quantitative estimate of drug-likeness (QED) is 0.513. The molecule has 9 heteroatoms. The van der Waals surface area contributed by atoms with Crippen molar-refractivity contribution >= 4 is 16.7 Å². The number of likely N-dealkylation sites (tertiary alicyclic amines) is 1. The third-order valence-corrected chi connectivity index (χ3v) is 4.78. The van der Waals surface area contributed by atoms with E-state index in [2.05, 4.69) is 10.3 Å². The van der Waals surface area contributed by atoms with Gasteiger partial charge in [-0.3, -0.25) is 14.9 Å². The van der Waals surface area contributed by atoms with Crippen LogP contribution >= 0.6 is 0 Å². The number of aliphatic hydroxyl groups is 1. The van der Waals surface area contributed by atoms with E-state index in [0.717, 1.165) is 4.90 Å². The Morgan fingerprint density at radius 3 is 2.86 bits per heavy atom. The van der Waals surface area contributed by atoms with Gasteiger partial charge in [0, 0.05) is 30.0 Å². The number of hydrogen-bond donors (Lipinski definition) is 3. The molecule has 3 rings (SSSR count). The Morgan fingerprint density at radius 2 is 2.14 bits per heavy atom. The van der Waals surface area contributed by atoms with Crippen molar-refractivity contribution in [1.82, 2.24) is 15.2 Å². The molecule has 0 spiro atoms. The van der Waals surface area contributed by atoms with Crippen LogP contribution in [0.15, 0.2) is 35.3 Å². The normalized spacial score (nSPS) is 19.5. The molecule has 148 valence electrons. The second-order valence-corrected chi connectivity index (χ2v) is 6.81. The van der Waals surface area contributed by atoms with Crippen LogP contribution in [0.2, 0.25) is 0 Å². The molecule has 7 nitrogen and oxygen atoms in total. The Kier molecular flexibility index (Phi) is 5.72. The molecular formula is C19H20F2N4O3. The highest BCUT2D eigenvalue weighted by atomic mass is 19.3. The van der Waals surface area contributed by atoms with Crippen molar-refractivity contribution in [3.63, 3.8) is 0 Å². The topological polar surface area (TPSA) is 109 Å². The lowest BCUT2D eigenvalue weighted by molar-refractivity contribution is -0.132. The number of alkyl halides is 2. The summed E-state index contributed by atoms with van der Waals surface area (Å²) in [6.45, 7) is -0.481. The van der Waals surface area contributed by atoms with Gasteiger partial charge in [-0.05, 0) is 24.4 Å². The average Bonchev–Trinajstić information content (AvgIpc) is 3.00. The number of amides is 1. The van der Waals surface area contributed by atoms with Crippen LogP contribution in [-0.2, 0) is 4.79 Å². The van der Waals surface area contributed by atoms with Crippen molar-refractivity contribution in [1.29, 1.82) is 5.26 Å². The Hall–Kier alpha value is -2.83. The average molecular weight is 390 g/mol. The monoisotopic (exact) mass is 390 g/mol. The zero-order valence-electron chi connectivity index (χ0n) is 15.0. The Labute approximate surface area is 159 Å². The largest absolute Gasteiger partial charge is 0.374 e. The van der Waals surface area contributed by atoms with E-state index in [1.54, 1.807) is 30.3 Å². The van der Waals surface area contributed by atoms with Crippen LogP contribution in [0.5, 0.6) is 0 Å². The van der Waals surface area contributed by atoms with Crippen LogP contribution in [0.3, 0.4) is 0 Å². The Morgan fingerprint density at radius 1 is 1.43 bits per heavy atom. The highest BCUT2D eigenvalue weighted by Gasteiger charge is 2.46. The van der Waals surface area contributed by atoms with Crippen molar-refractivity contribution in [2.45, 2.75) is 37.5 Å². The summed E-state index contributed by atoms with van der Waals surface area (Å²) in [4.78, 5) is 27.5. The predicted molar refractivity (Wildman–Crippen MR) is 97.4 cm³/mol. The van der Waals surface area contributed by atoms with Gasteiger partial charge in [-0.1, -0.05) is 18.2 Å². The summed E-state index contributed by atoms with van der Waals surface area (Å²) < 4.78 is 26.8. The lowest BCUT2D eigenvalue weighted by Crippen LogP contribution is -2.36. The van der Waals surface area contributed by atoms with Crippen LogP contribution < -0.4 is 10.9 Å². The zero-order chi connectivity index (χ0) is 20.3. The summed E-state index contributed by atoms with van der Waals surface area (Å²) in [6, 6.07) is 7.50. The molecule has 2 heterocycles. The number of H-pyrrole nitrogens is 1. The molecule has 2 aromatic rings. The van der Waals surface area contributed by atoms with E-state index >= 15 is 0 Å². The molecule has 0 radical (unpaired) electrons. The molecule has 2 atom stereocenters. The van der Waals surface area contributed by atoms with E-state index in [-0.39, 0.29) is 18.5 Å². The van der Waals surface area contributed by atoms with Gasteiger partial charge in [-0.2, -0.15) is 5.26 Å². The molecule has 1 aliphatic rings. The molecule has 1 aromatic heterocycles. The van der Waals surface area contributed by atoms with Gasteiger partial charge < -0.3 is 15.0 Å². The number of halogens is 2. The number of pyridine rings is 1. The number of aromatic nitrogens is 1. The SMILES string of the molecule is N#C[C@@H]1CC(F)(F)CN1C(=O)CCCNC(O)c1c[nH]c(=O)c2ccccc12. The molecule has 1 fully saturated rings. The van der Waals surface area contributed by atoms with E-state index in [0.29, 0.717) is 22.8 Å². The van der Waals surface area contributed by atoms with Crippen LogP contribution in [0.25, 0.3) is 10.8 Å². The lowest BCUT2D eigenvalue weighted by Gasteiger charge is -2.19. The van der Waals surface area contributed by atoms with E-state index < -0.39 is 37.1 Å². The first-order valence-corrected chi connectivity index (χ1v) is 8.91. The van der Waals surface area contributed by atoms with Gasteiger partial charge in [0.1, 0.15) is 12.3 Å². The zero-order valence-corrected chi connectivity index (χ0v) is 15.0. The van der Waals surface area contributed by atoms with E-state index in [1.807, 2.05) is 0 Å². The number of nitrogens with one attached hydrogen (secondary N) is 2. The number of nitriles is 1. The summed E-state index contributed by atoms with van der Waals surface area (Å²) in [5.41, 5.74) is 0.233. The fourth-order valence-electron chi connectivity index (χ4n) is 3.38. The molecule has 0 aliphatic carbocycles.